The van der Waals surface area contributed by atoms with Crippen molar-refractivity contribution in [3.63, 3.8) is 0 Å². The van der Waals surface area contributed by atoms with Crippen molar-refractivity contribution in [2.75, 3.05) is 0 Å². The normalized spacial score (nSPS) is 19.0. The summed E-state index contributed by atoms with van der Waals surface area (Å²) < 4.78 is 0. The maximum absolute atomic E-state index is 9.19. The summed E-state index contributed by atoms with van der Waals surface area (Å²) in [4.78, 5) is 0. The molecule has 0 aromatic heterocycles. The first-order chi connectivity index (χ1) is 3.71. The van der Waals surface area contributed by atoms with Gasteiger partial charge in [-0.2, -0.15) is 0 Å². The summed E-state index contributed by atoms with van der Waals surface area (Å²) in [6.45, 7) is 1.69. The van der Waals surface area contributed by atoms with Crippen LogP contribution in [0.15, 0.2) is 0 Å². The van der Waals surface area contributed by atoms with E-state index in [0.29, 0.717) is 6.42 Å². The van der Waals surface area contributed by atoms with Gasteiger partial charge in [0, 0.05) is 10.9 Å². The molecule has 0 heterocycles. The molecule has 0 unspecified atom stereocenters. The molecule has 0 aliphatic heterocycles. The second-order valence-electron chi connectivity index (χ2n) is 3.80. The predicted molar refractivity (Wildman–Crippen MR) is 45.8 cm³/mol. The Morgan fingerprint density at radius 3 is 1.56 bits per heavy atom. The number of hydrogen-bond acceptors (Lipinski definition) is 2. The van der Waals surface area contributed by atoms with Crippen molar-refractivity contribution in [1.82, 2.24) is 0 Å². The molecule has 0 aromatic rings. The summed E-state index contributed by atoms with van der Waals surface area (Å²) in [5, 5.41) is 17.6. The van der Waals surface area contributed by atoms with Crippen molar-refractivity contribution >= 4 is 23.5 Å². The zero-order valence-corrected chi connectivity index (χ0v) is 6.60. The number of aliphatic hydroxyl groups is 2. The minimum Gasteiger partial charge on any atom is -0.408 e. The van der Waals surface area contributed by atoms with Crippen LogP contribution in [0.4, 0.5) is 0 Å². The maximum Gasteiger partial charge on any atom is 0.142 e. The van der Waals surface area contributed by atoms with Crippen LogP contribution in [-0.2, 0) is 0 Å². The molecule has 0 saturated carbocycles. The van der Waals surface area contributed by atoms with Crippen LogP contribution in [0, 0.1) is 0 Å². The fourth-order valence-corrected chi connectivity index (χ4v) is 1.06. The lowest BCUT2D eigenvalue weighted by atomic mass is 9.58. The highest BCUT2D eigenvalue weighted by atomic mass is 16.3. The van der Waals surface area contributed by atoms with E-state index in [1.807, 2.05) is 0 Å². The van der Waals surface area contributed by atoms with Gasteiger partial charge in [-0.1, -0.05) is 0 Å². The summed E-state index contributed by atoms with van der Waals surface area (Å²) in [5.74, 6) is 0. The highest BCUT2D eigenvalue weighted by molar-refractivity contribution is 6.39. The average molecular weight is 126 g/mol. The lowest BCUT2D eigenvalue weighted by Crippen LogP contribution is -2.40. The quantitative estimate of drug-likeness (QED) is 0.379. The van der Waals surface area contributed by atoms with Crippen molar-refractivity contribution in [2.45, 2.75) is 24.2 Å². The molecule has 1 atom stereocenters. The van der Waals surface area contributed by atoms with Gasteiger partial charge in [0.2, 0.25) is 0 Å². The Labute approximate surface area is 58.9 Å². The van der Waals surface area contributed by atoms with Crippen LogP contribution >= 0.6 is 0 Å². The van der Waals surface area contributed by atoms with Crippen LogP contribution in [0.5, 0.6) is 0 Å². The highest BCUT2D eigenvalue weighted by Crippen LogP contribution is 2.10. The van der Waals surface area contributed by atoms with E-state index in [1.54, 1.807) is 30.5 Å². The Balaban J connectivity index is 3.75. The predicted octanol–water partition coefficient (Wildman–Crippen LogP) is -3.37. The topological polar surface area (TPSA) is 40.5 Å². The second-order valence-corrected chi connectivity index (χ2v) is 3.80. The molecule has 0 aromatic carbocycles. The Bertz CT molecular complexity index is 79.0. The minimum absolute atomic E-state index is 0.403. The summed E-state index contributed by atoms with van der Waals surface area (Å²) in [6, 6.07) is 0. The minimum atomic E-state index is -0.766. The average Bonchev–Trinajstić information content (AvgIpc) is 1.14. The largest absolute Gasteiger partial charge is 0.408 e. The van der Waals surface area contributed by atoms with Crippen molar-refractivity contribution in [3.05, 3.63) is 0 Å². The van der Waals surface area contributed by atoms with Crippen LogP contribution in [0.1, 0.15) is 13.3 Å². The Morgan fingerprint density at radius 2 is 1.56 bits per heavy atom. The Kier molecular flexibility index (Phi) is 2.42. The van der Waals surface area contributed by atoms with Gasteiger partial charge in [0.25, 0.3) is 0 Å². The van der Waals surface area contributed by atoms with Crippen molar-refractivity contribution < 1.29 is 10.2 Å². The van der Waals surface area contributed by atoms with Gasteiger partial charge >= 0.3 is 0 Å². The van der Waals surface area contributed by atoms with E-state index in [0.717, 1.165) is 0 Å². The Morgan fingerprint density at radius 1 is 1.22 bits per heavy atom. The number of rotatable bonds is 2. The molecule has 0 rings (SSSR count). The molecule has 0 radical (unpaired) electrons. The molecule has 0 spiro atoms. The van der Waals surface area contributed by atoms with E-state index < -0.39 is 10.9 Å². The standard InChI is InChI=1S/C4H13B3O2/c1-3(5,8)2-4(6,7)9/h8-9H,2,5-7H2,1H3/t3-/m1/s1. The van der Waals surface area contributed by atoms with Crippen molar-refractivity contribution in [1.29, 1.82) is 0 Å². The van der Waals surface area contributed by atoms with Gasteiger partial charge in [0.15, 0.2) is 0 Å². The SMILES string of the molecule is BC(B)(O)C[C@@](B)(C)O. The van der Waals surface area contributed by atoms with E-state index >= 15 is 0 Å². The third-order valence-electron chi connectivity index (χ3n) is 0.865. The van der Waals surface area contributed by atoms with E-state index in [1.165, 1.54) is 0 Å². The molecular weight excluding hydrogens is 112 g/mol. The fourth-order valence-electron chi connectivity index (χ4n) is 1.06. The van der Waals surface area contributed by atoms with E-state index in [2.05, 4.69) is 0 Å². The van der Waals surface area contributed by atoms with Gasteiger partial charge in [-0.15, -0.1) is 0 Å². The molecule has 0 saturated heterocycles. The van der Waals surface area contributed by atoms with Crippen LogP contribution in [0.25, 0.3) is 0 Å². The van der Waals surface area contributed by atoms with E-state index in [4.69, 9.17) is 0 Å². The van der Waals surface area contributed by atoms with Gasteiger partial charge < -0.3 is 10.2 Å². The van der Waals surface area contributed by atoms with Gasteiger partial charge in [-0.25, -0.2) is 0 Å². The van der Waals surface area contributed by atoms with Crippen LogP contribution in [-0.4, -0.2) is 44.7 Å². The molecule has 0 aliphatic rings. The first kappa shape index (κ1) is 9.11. The lowest BCUT2D eigenvalue weighted by Gasteiger charge is -2.26. The van der Waals surface area contributed by atoms with Crippen molar-refractivity contribution in [3.8, 4) is 0 Å². The summed E-state index contributed by atoms with van der Waals surface area (Å²) in [5.41, 5.74) is -0.766. The summed E-state index contributed by atoms with van der Waals surface area (Å²) in [7, 11) is 5.06. The third kappa shape index (κ3) is 8.11. The van der Waals surface area contributed by atoms with Gasteiger partial charge in [0.05, 0.1) is 0 Å². The fraction of sp³-hybridized carbons (Fsp3) is 1.00. The van der Waals surface area contributed by atoms with Gasteiger partial charge in [-0.05, 0) is 13.3 Å². The Hall–Kier alpha value is 0.115. The van der Waals surface area contributed by atoms with E-state index in [-0.39, 0.29) is 0 Å². The molecular formula is C4H13B3O2. The molecule has 0 aliphatic carbocycles. The summed E-state index contributed by atoms with van der Waals surface area (Å²) >= 11 is 0. The zero-order chi connectivity index (χ0) is 7.71. The molecule has 5 heteroatoms. The second kappa shape index (κ2) is 2.39. The first-order valence-electron chi connectivity index (χ1n) is 3.15. The van der Waals surface area contributed by atoms with Crippen LogP contribution in [0.3, 0.4) is 0 Å². The lowest BCUT2D eigenvalue weighted by molar-refractivity contribution is 0.0797. The molecule has 0 fully saturated rings. The first-order valence-corrected chi connectivity index (χ1v) is 3.15. The summed E-state index contributed by atoms with van der Waals surface area (Å²) in [6.07, 6.45) is 0.403. The number of hydrogen-bond donors (Lipinski definition) is 2. The van der Waals surface area contributed by atoms with E-state index in [9.17, 15) is 10.2 Å². The molecule has 0 bridgehead atoms. The molecule has 50 valence electrons. The third-order valence-corrected chi connectivity index (χ3v) is 0.865. The van der Waals surface area contributed by atoms with Gasteiger partial charge in [-0.3, -0.25) is 0 Å². The van der Waals surface area contributed by atoms with Crippen LogP contribution in [0.2, 0.25) is 0 Å². The smallest absolute Gasteiger partial charge is 0.142 e. The zero-order valence-electron chi connectivity index (χ0n) is 6.60. The maximum atomic E-state index is 9.19. The molecule has 2 N–H and O–H groups in total. The van der Waals surface area contributed by atoms with Crippen molar-refractivity contribution in [2.24, 2.45) is 0 Å². The highest BCUT2D eigenvalue weighted by Gasteiger charge is 2.23. The van der Waals surface area contributed by atoms with Gasteiger partial charge in [0.1, 0.15) is 23.5 Å². The monoisotopic (exact) mass is 126 g/mol. The molecule has 9 heavy (non-hydrogen) atoms. The molecule has 2 nitrogen and oxygen atoms in total. The van der Waals surface area contributed by atoms with Crippen LogP contribution < -0.4 is 0 Å². The molecule has 0 amide bonds.